The number of hydrogen-bond acceptors (Lipinski definition) is 6. The monoisotopic (exact) mass is 458 g/mol. The topological polar surface area (TPSA) is 125 Å². The number of nitrogens with one attached hydrogen (secondary N) is 2. The van der Waals surface area contributed by atoms with Crippen LogP contribution in [-0.4, -0.2) is 64.8 Å². The van der Waals surface area contributed by atoms with Crippen molar-refractivity contribution in [3.8, 4) is 0 Å². The lowest BCUT2D eigenvalue weighted by atomic mass is 10.0. The molecule has 2 aliphatic rings. The van der Waals surface area contributed by atoms with Crippen LogP contribution in [-0.2, 0) is 32.2 Å². The highest BCUT2D eigenvalue weighted by atomic mass is 16.6. The molecule has 0 saturated carbocycles. The van der Waals surface area contributed by atoms with Gasteiger partial charge in [-0.2, -0.15) is 0 Å². The molecule has 0 aliphatic carbocycles. The van der Waals surface area contributed by atoms with Gasteiger partial charge in [-0.05, 0) is 44.4 Å². The maximum atomic E-state index is 13.0. The molecule has 0 spiro atoms. The van der Waals surface area contributed by atoms with Crippen LogP contribution in [0.25, 0.3) is 0 Å². The van der Waals surface area contributed by atoms with Crippen LogP contribution in [0.5, 0.6) is 0 Å². The van der Waals surface area contributed by atoms with Gasteiger partial charge in [0.05, 0.1) is 0 Å². The van der Waals surface area contributed by atoms with Crippen LogP contribution >= 0.6 is 0 Å². The predicted octanol–water partition coefficient (Wildman–Crippen LogP) is 1.32. The van der Waals surface area contributed by atoms with Gasteiger partial charge in [0.25, 0.3) is 11.8 Å². The molecule has 2 aliphatic heterocycles. The number of carbonyl (C=O) groups excluding carboxylic acids is 5. The molecule has 1 saturated heterocycles. The number of benzene rings is 1. The summed E-state index contributed by atoms with van der Waals surface area (Å²) in [5.41, 5.74) is 1.44. The Balaban J connectivity index is 1.56. The smallest absolute Gasteiger partial charge is 0.407 e. The Bertz CT molecular complexity index is 984. The van der Waals surface area contributed by atoms with E-state index < -0.39 is 17.7 Å². The number of likely N-dealkylation sites (tertiary alicyclic amines) is 1. The van der Waals surface area contributed by atoms with Crippen molar-refractivity contribution in [1.29, 1.82) is 0 Å². The van der Waals surface area contributed by atoms with Crippen molar-refractivity contribution in [3.05, 3.63) is 34.9 Å². The number of rotatable bonds is 6. The van der Waals surface area contributed by atoms with Gasteiger partial charge in [-0.1, -0.05) is 12.1 Å². The normalized spacial score (nSPS) is 18.3. The molecule has 10 nitrogen and oxygen atoms in total. The Morgan fingerprint density at radius 1 is 1.15 bits per heavy atom. The Hall–Kier alpha value is -3.43. The summed E-state index contributed by atoms with van der Waals surface area (Å²) in [6.45, 7) is 5.86. The van der Waals surface area contributed by atoms with Crippen LogP contribution in [0, 0.1) is 0 Å². The van der Waals surface area contributed by atoms with Crippen molar-refractivity contribution in [2.75, 3.05) is 13.6 Å². The van der Waals surface area contributed by atoms with Crippen molar-refractivity contribution in [3.63, 3.8) is 0 Å². The summed E-state index contributed by atoms with van der Waals surface area (Å²) < 4.78 is 5.13. The number of piperidine rings is 1. The Labute approximate surface area is 192 Å². The second-order valence-electron chi connectivity index (χ2n) is 9.18. The first kappa shape index (κ1) is 24.2. The fourth-order valence-electron chi connectivity index (χ4n) is 3.90. The molecule has 2 N–H and O–H groups in total. The van der Waals surface area contributed by atoms with E-state index in [0.29, 0.717) is 12.0 Å². The van der Waals surface area contributed by atoms with Gasteiger partial charge >= 0.3 is 6.09 Å². The molecule has 10 heteroatoms. The molecule has 3 rings (SSSR count). The van der Waals surface area contributed by atoms with Crippen LogP contribution in [0.2, 0.25) is 0 Å². The molecular formula is C23H30N4O6. The molecule has 1 atom stereocenters. The highest BCUT2D eigenvalue weighted by molar-refractivity contribution is 6.05. The lowest BCUT2D eigenvalue weighted by Crippen LogP contribution is -2.53. The summed E-state index contributed by atoms with van der Waals surface area (Å²) in [5, 5.41) is 5.34. The number of likely N-dealkylation sites (N-methyl/N-ethyl adjacent to an activating group) is 1. The third-order valence-corrected chi connectivity index (χ3v) is 5.59. The number of carbonyl (C=O) groups is 5. The van der Waals surface area contributed by atoms with Crippen molar-refractivity contribution in [2.24, 2.45) is 0 Å². The van der Waals surface area contributed by atoms with E-state index in [1.807, 2.05) is 6.07 Å². The molecule has 0 bridgehead atoms. The second-order valence-corrected chi connectivity index (χ2v) is 9.18. The van der Waals surface area contributed by atoms with Gasteiger partial charge in [-0.3, -0.25) is 24.1 Å². The number of fused-ring (bicyclic) bond motifs is 1. The van der Waals surface area contributed by atoms with Crippen LogP contribution < -0.4 is 10.6 Å². The first-order chi connectivity index (χ1) is 15.5. The molecule has 1 aromatic rings. The van der Waals surface area contributed by atoms with Crippen molar-refractivity contribution in [2.45, 2.75) is 64.8 Å². The fourth-order valence-corrected chi connectivity index (χ4v) is 3.90. The van der Waals surface area contributed by atoms with Crippen LogP contribution in [0.4, 0.5) is 4.79 Å². The minimum Gasteiger partial charge on any atom is -0.444 e. The highest BCUT2D eigenvalue weighted by Gasteiger charge is 2.41. The molecule has 1 unspecified atom stereocenters. The zero-order valence-electron chi connectivity index (χ0n) is 19.4. The van der Waals surface area contributed by atoms with Gasteiger partial charge < -0.3 is 20.3 Å². The fraction of sp³-hybridized carbons (Fsp3) is 0.522. The molecule has 178 valence electrons. The number of ether oxygens (including phenoxy) is 1. The molecule has 0 aromatic heterocycles. The minimum atomic E-state index is -0.672. The summed E-state index contributed by atoms with van der Waals surface area (Å²) >= 11 is 0. The zero-order valence-corrected chi connectivity index (χ0v) is 19.4. The quantitative estimate of drug-likeness (QED) is 0.620. The zero-order chi connectivity index (χ0) is 24.3. The van der Waals surface area contributed by atoms with E-state index in [2.05, 4.69) is 10.6 Å². The number of imide groups is 1. The van der Waals surface area contributed by atoms with Gasteiger partial charge in [-0.25, -0.2) is 4.79 Å². The largest absolute Gasteiger partial charge is 0.444 e. The van der Waals surface area contributed by atoms with E-state index in [0.717, 1.165) is 16.0 Å². The average Bonchev–Trinajstić information content (AvgIpc) is 3.06. The predicted molar refractivity (Wildman–Crippen MR) is 118 cm³/mol. The van der Waals surface area contributed by atoms with Gasteiger partial charge in [0, 0.05) is 45.1 Å². The van der Waals surface area contributed by atoms with Crippen LogP contribution in [0.1, 0.15) is 61.5 Å². The summed E-state index contributed by atoms with van der Waals surface area (Å²) in [6.07, 6.45) is 0.0153. The standard InChI is InChI=1S/C23H30N4O6/c1-23(2,3)33-22(32)24-11-10-18(28)25-12-14-6-5-7-15-16(14)13-27(20(15)30)17-8-9-19(29)26(4)21(17)31/h5-7,17H,8-13H2,1-4H3,(H,24,32)(H,25,28). The molecule has 1 fully saturated rings. The van der Waals surface area contributed by atoms with E-state index in [4.69, 9.17) is 4.74 Å². The van der Waals surface area contributed by atoms with Gasteiger partial charge in [0.2, 0.25) is 11.8 Å². The Kier molecular flexibility index (Phi) is 7.04. The maximum absolute atomic E-state index is 13.0. The Morgan fingerprint density at radius 3 is 2.58 bits per heavy atom. The summed E-state index contributed by atoms with van der Waals surface area (Å²) in [6, 6.07) is 4.60. The molecule has 0 radical (unpaired) electrons. The third kappa shape index (κ3) is 5.68. The summed E-state index contributed by atoms with van der Waals surface area (Å²) in [5.74, 6) is -1.13. The third-order valence-electron chi connectivity index (χ3n) is 5.59. The molecule has 1 aromatic carbocycles. The molecule has 33 heavy (non-hydrogen) atoms. The van der Waals surface area contributed by atoms with Crippen molar-refractivity contribution >= 4 is 29.7 Å². The number of hydrogen-bond donors (Lipinski definition) is 2. The Morgan fingerprint density at radius 2 is 1.88 bits per heavy atom. The average molecular weight is 459 g/mol. The highest BCUT2D eigenvalue weighted by Crippen LogP contribution is 2.30. The van der Waals surface area contributed by atoms with E-state index in [9.17, 15) is 24.0 Å². The van der Waals surface area contributed by atoms with Gasteiger partial charge in [-0.15, -0.1) is 0 Å². The first-order valence-corrected chi connectivity index (χ1v) is 10.9. The summed E-state index contributed by atoms with van der Waals surface area (Å²) in [7, 11) is 1.43. The van der Waals surface area contributed by atoms with Crippen molar-refractivity contribution < 1.29 is 28.7 Å². The van der Waals surface area contributed by atoms with Crippen LogP contribution in [0.3, 0.4) is 0 Å². The van der Waals surface area contributed by atoms with E-state index in [1.54, 1.807) is 32.9 Å². The van der Waals surface area contributed by atoms with E-state index in [-0.39, 0.29) is 56.1 Å². The van der Waals surface area contributed by atoms with Crippen molar-refractivity contribution in [1.82, 2.24) is 20.4 Å². The van der Waals surface area contributed by atoms with Gasteiger partial charge in [0.15, 0.2) is 0 Å². The maximum Gasteiger partial charge on any atom is 0.407 e. The van der Waals surface area contributed by atoms with E-state index in [1.165, 1.54) is 11.9 Å². The SMILES string of the molecule is CN1C(=O)CCC(N2Cc3c(CNC(=O)CCNC(=O)OC(C)(C)C)cccc3C2=O)C1=O. The number of nitrogens with zero attached hydrogens (tertiary/aromatic N) is 2. The summed E-state index contributed by atoms with van der Waals surface area (Å²) in [4.78, 5) is 63.7. The van der Waals surface area contributed by atoms with E-state index >= 15 is 0 Å². The van der Waals surface area contributed by atoms with Crippen LogP contribution in [0.15, 0.2) is 18.2 Å². The second kappa shape index (κ2) is 9.60. The molecular weight excluding hydrogens is 428 g/mol. The number of alkyl carbamates (subject to hydrolysis) is 1. The first-order valence-electron chi connectivity index (χ1n) is 10.9. The lowest BCUT2D eigenvalue weighted by Gasteiger charge is -2.33. The lowest BCUT2D eigenvalue weighted by molar-refractivity contribution is -0.150. The molecule has 2 heterocycles. The number of amides is 5. The van der Waals surface area contributed by atoms with Gasteiger partial charge in [0.1, 0.15) is 11.6 Å². The molecule has 5 amide bonds. The minimum absolute atomic E-state index is 0.0796.